The molecule has 1 heterocycles. The largest absolute Gasteiger partial charge is 0.331 e. The molecule has 2 aromatic carbocycles. The number of hydrogen-bond donors (Lipinski definition) is 0. The summed E-state index contributed by atoms with van der Waals surface area (Å²) in [5.74, 6) is -0.708. The van der Waals surface area contributed by atoms with Crippen LogP contribution in [0.15, 0.2) is 54.6 Å². The molecule has 7 heteroatoms. The van der Waals surface area contributed by atoms with E-state index in [-0.39, 0.29) is 24.0 Å². The Morgan fingerprint density at radius 2 is 1.96 bits per heavy atom. The van der Waals surface area contributed by atoms with Crippen LogP contribution in [0, 0.1) is 5.82 Å². The van der Waals surface area contributed by atoms with Gasteiger partial charge in [0.05, 0.1) is 11.5 Å². The fourth-order valence-electron chi connectivity index (χ4n) is 3.08. The molecule has 1 aliphatic heterocycles. The summed E-state index contributed by atoms with van der Waals surface area (Å²) in [4.78, 5) is 14.3. The Labute approximate surface area is 163 Å². The highest BCUT2D eigenvalue weighted by molar-refractivity contribution is 7.91. The molecule has 27 heavy (non-hydrogen) atoms. The fraction of sp³-hybridized carbons (Fsp3) is 0.250. The zero-order valence-electron chi connectivity index (χ0n) is 14.5. The van der Waals surface area contributed by atoms with Crippen LogP contribution in [-0.4, -0.2) is 36.8 Å². The number of halogens is 2. The van der Waals surface area contributed by atoms with E-state index in [2.05, 4.69) is 0 Å². The smallest absolute Gasteiger partial charge is 0.247 e. The van der Waals surface area contributed by atoms with E-state index in [1.165, 1.54) is 23.1 Å². The predicted molar refractivity (Wildman–Crippen MR) is 104 cm³/mol. The summed E-state index contributed by atoms with van der Waals surface area (Å²) in [5, 5.41) is 0.599. The van der Waals surface area contributed by atoms with Crippen molar-refractivity contribution in [1.82, 2.24) is 4.90 Å². The fourth-order valence-corrected chi connectivity index (χ4v) is 4.93. The molecule has 1 unspecified atom stereocenters. The molecule has 0 aromatic heterocycles. The van der Waals surface area contributed by atoms with E-state index in [0.29, 0.717) is 17.0 Å². The Balaban J connectivity index is 1.81. The van der Waals surface area contributed by atoms with Crippen LogP contribution < -0.4 is 0 Å². The van der Waals surface area contributed by atoms with Crippen molar-refractivity contribution in [2.75, 3.05) is 11.5 Å². The van der Waals surface area contributed by atoms with Gasteiger partial charge in [-0.3, -0.25) is 4.79 Å². The third-order valence-electron chi connectivity index (χ3n) is 4.46. The van der Waals surface area contributed by atoms with Crippen LogP contribution >= 0.6 is 11.6 Å². The predicted octanol–water partition coefficient (Wildman–Crippen LogP) is 3.71. The molecule has 0 aliphatic carbocycles. The second-order valence-corrected chi connectivity index (χ2v) is 9.20. The molecule has 1 saturated heterocycles. The summed E-state index contributed by atoms with van der Waals surface area (Å²) in [6, 6.07) is 12.6. The molecule has 1 aliphatic rings. The lowest BCUT2D eigenvalue weighted by Crippen LogP contribution is -2.39. The second-order valence-electron chi connectivity index (χ2n) is 6.54. The number of rotatable bonds is 5. The normalized spacial score (nSPS) is 18.7. The molecule has 0 spiro atoms. The van der Waals surface area contributed by atoms with E-state index >= 15 is 0 Å². The average Bonchev–Trinajstić information content (AvgIpc) is 2.98. The molecule has 0 bridgehead atoms. The molecule has 3 rings (SSSR count). The van der Waals surface area contributed by atoms with Crippen molar-refractivity contribution in [3.05, 3.63) is 76.6 Å². The summed E-state index contributed by atoms with van der Waals surface area (Å²) in [5.41, 5.74) is 1.42. The van der Waals surface area contributed by atoms with Crippen molar-refractivity contribution in [3.8, 4) is 0 Å². The topological polar surface area (TPSA) is 54.5 Å². The monoisotopic (exact) mass is 407 g/mol. The van der Waals surface area contributed by atoms with Crippen molar-refractivity contribution >= 4 is 33.4 Å². The van der Waals surface area contributed by atoms with Gasteiger partial charge in [-0.2, -0.15) is 0 Å². The lowest BCUT2D eigenvalue weighted by Gasteiger charge is -2.27. The van der Waals surface area contributed by atoms with Gasteiger partial charge in [0.25, 0.3) is 0 Å². The number of hydrogen-bond acceptors (Lipinski definition) is 3. The van der Waals surface area contributed by atoms with E-state index in [9.17, 15) is 17.6 Å². The number of amides is 1. The highest BCUT2D eigenvalue weighted by atomic mass is 35.5. The average molecular weight is 408 g/mol. The molecule has 142 valence electrons. The molecule has 2 aromatic rings. The van der Waals surface area contributed by atoms with Gasteiger partial charge in [0.2, 0.25) is 5.91 Å². The molecule has 1 amide bonds. The van der Waals surface area contributed by atoms with E-state index in [4.69, 9.17) is 11.6 Å². The van der Waals surface area contributed by atoms with Gasteiger partial charge < -0.3 is 4.90 Å². The number of nitrogens with zero attached hydrogens (tertiary/aromatic N) is 1. The number of benzene rings is 2. The minimum atomic E-state index is -3.15. The van der Waals surface area contributed by atoms with E-state index in [1.807, 2.05) is 0 Å². The first-order valence-corrected chi connectivity index (χ1v) is 10.7. The maximum absolute atomic E-state index is 13.5. The van der Waals surface area contributed by atoms with Crippen LogP contribution in [0.5, 0.6) is 0 Å². The molecule has 0 saturated carbocycles. The minimum Gasteiger partial charge on any atom is -0.331 e. The first-order valence-electron chi connectivity index (χ1n) is 8.51. The highest BCUT2D eigenvalue weighted by Crippen LogP contribution is 2.21. The Bertz CT molecular complexity index is 957. The van der Waals surface area contributed by atoms with Crippen molar-refractivity contribution < 1.29 is 17.6 Å². The zero-order chi connectivity index (χ0) is 19.4. The summed E-state index contributed by atoms with van der Waals surface area (Å²) in [6.45, 7) is 0.155. The van der Waals surface area contributed by atoms with Gasteiger partial charge in [-0.15, -0.1) is 0 Å². The quantitative estimate of drug-likeness (QED) is 0.710. The summed E-state index contributed by atoms with van der Waals surface area (Å²) in [6.07, 6.45) is 3.45. The third-order valence-corrected chi connectivity index (χ3v) is 6.46. The van der Waals surface area contributed by atoms with E-state index in [1.54, 1.807) is 42.5 Å². The first kappa shape index (κ1) is 19.6. The lowest BCUT2D eigenvalue weighted by molar-refractivity contribution is -0.128. The van der Waals surface area contributed by atoms with Crippen molar-refractivity contribution in [3.63, 3.8) is 0 Å². The van der Waals surface area contributed by atoms with Crippen LogP contribution in [0.2, 0.25) is 5.02 Å². The molecule has 1 fully saturated rings. The molecule has 4 nitrogen and oxygen atoms in total. The van der Waals surface area contributed by atoms with E-state index in [0.717, 1.165) is 5.56 Å². The number of sulfone groups is 1. The molecule has 0 N–H and O–H groups in total. The zero-order valence-corrected chi connectivity index (χ0v) is 16.1. The van der Waals surface area contributed by atoms with E-state index < -0.39 is 21.7 Å². The lowest BCUT2D eigenvalue weighted by atomic mass is 10.1. The molecular weight excluding hydrogens is 389 g/mol. The van der Waals surface area contributed by atoms with Crippen LogP contribution in [0.3, 0.4) is 0 Å². The standard InChI is InChI=1S/C20H19ClFNO3S/c21-17-7-4-15(5-8-17)6-9-20(24)23(19-10-11-27(25,26)14-19)13-16-2-1-3-18(22)12-16/h1-9,12,19H,10-11,13-14H2. The van der Waals surface area contributed by atoms with Gasteiger partial charge in [-0.05, 0) is 47.9 Å². The van der Waals surface area contributed by atoms with Gasteiger partial charge >= 0.3 is 0 Å². The van der Waals surface area contributed by atoms with Crippen LogP contribution in [0.4, 0.5) is 4.39 Å². The Hall–Kier alpha value is -2.18. The van der Waals surface area contributed by atoms with Gasteiger partial charge in [-0.1, -0.05) is 35.9 Å². The Kier molecular flexibility index (Phi) is 5.97. The number of carbonyl (C=O) groups excluding carboxylic acids is 1. The van der Waals surface area contributed by atoms with Gasteiger partial charge in [0.15, 0.2) is 9.84 Å². The Morgan fingerprint density at radius 1 is 1.22 bits per heavy atom. The second kappa shape index (κ2) is 8.23. The molecule has 0 radical (unpaired) electrons. The summed E-state index contributed by atoms with van der Waals surface area (Å²) < 4.78 is 37.2. The molecule has 1 atom stereocenters. The number of carbonyl (C=O) groups is 1. The van der Waals surface area contributed by atoms with Crippen molar-refractivity contribution in [2.45, 2.75) is 19.0 Å². The maximum Gasteiger partial charge on any atom is 0.247 e. The van der Waals surface area contributed by atoms with Crippen LogP contribution in [0.25, 0.3) is 6.08 Å². The molecular formula is C20H19ClFNO3S. The third kappa shape index (κ3) is 5.40. The highest BCUT2D eigenvalue weighted by Gasteiger charge is 2.34. The van der Waals surface area contributed by atoms with Crippen LogP contribution in [0.1, 0.15) is 17.5 Å². The van der Waals surface area contributed by atoms with Crippen molar-refractivity contribution in [1.29, 1.82) is 0 Å². The van der Waals surface area contributed by atoms with Crippen LogP contribution in [-0.2, 0) is 21.2 Å². The van der Waals surface area contributed by atoms with Gasteiger partial charge in [-0.25, -0.2) is 12.8 Å². The first-order chi connectivity index (χ1) is 12.8. The van der Waals surface area contributed by atoms with Gasteiger partial charge in [0, 0.05) is 23.7 Å². The summed E-state index contributed by atoms with van der Waals surface area (Å²) >= 11 is 5.85. The summed E-state index contributed by atoms with van der Waals surface area (Å²) in [7, 11) is -3.15. The SMILES string of the molecule is O=C(C=Cc1ccc(Cl)cc1)N(Cc1cccc(F)c1)C1CCS(=O)(=O)C1. The maximum atomic E-state index is 13.5. The Morgan fingerprint density at radius 3 is 2.59 bits per heavy atom. The van der Waals surface area contributed by atoms with Gasteiger partial charge in [0.1, 0.15) is 5.82 Å². The van der Waals surface area contributed by atoms with Crippen molar-refractivity contribution in [2.24, 2.45) is 0 Å². The minimum absolute atomic E-state index is 0.0610.